The second-order valence-electron chi connectivity index (χ2n) is 6.34. The summed E-state index contributed by atoms with van der Waals surface area (Å²) in [4.78, 5) is 15.7. The van der Waals surface area contributed by atoms with Crippen LogP contribution >= 0.6 is 11.6 Å². The van der Waals surface area contributed by atoms with Gasteiger partial charge in [0.25, 0.3) is 0 Å². The Balaban J connectivity index is 1.79. The number of carboxylic acids is 1. The third-order valence-electron chi connectivity index (χ3n) is 4.57. The second-order valence-corrected chi connectivity index (χ2v) is 6.75. The van der Waals surface area contributed by atoms with Crippen molar-refractivity contribution in [2.24, 2.45) is 0 Å². The molecular weight excluding hydrogens is 338 g/mol. The lowest BCUT2D eigenvalue weighted by Crippen LogP contribution is -2.53. The molecule has 2 aromatic rings. The highest BCUT2D eigenvalue weighted by Gasteiger charge is 2.30. The molecule has 1 saturated heterocycles. The molecule has 0 saturated carbocycles. The van der Waals surface area contributed by atoms with Crippen molar-refractivity contribution in [3.8, 4) is 0 Å². The van der Waals surface area contributed by atoms with Crippen LogP contribution in [-0.4, -0.2) is 41.7 Å². The molecule has 1 aliphatic rings. The summed E-state index contributed by atoms with van der Waals surface area (Å²) in [5.41, 5.74) is 8.69. The fourth-order valence-corrected chi connectivity index (χ4v) is 3.54. The van der Waals surface area contributed by atoms with Gasteiger partial charge in [-0.05, 0) is 17.7 Å². The average Bonchev–Trinajstić information content (AvgIpc) is 2.58. The summed E-state index contributed by atoms with van der Waals surface area (Å²) in [6, 6.07) is 15.6. The lowest BCUT2D eigenvalue weighted by atomic mass is 10.1. The number of hydrogen-bond acceptors (Lipinski definition) is 4. The van der Waals surface area contributed by atoms with Gasteiger partial charge in [-0.3, -0.25) is 9.69 Å². The Labute approximate surface area is 152 Å². The van der Waals surface area contributed by atoms with Crippen LogP contribution in [0.1, 0.15) is 12.0 Å². The molecule has 25 heavy (non-hydrogen) atoms. The molecule has 1 atom stereocenters. The number of carboxylic acid groups (broad SMARTS) is 1. The largest absolute Gasteiger partial charge is 0.481 e. The fourth-order valence-electron chi connectivity index (χ4n) is 3.37. The van der Waals surface area contributed by atoms with Gasteiger partial charge in [0, 0.05) is 26.2 Å². The van der Waals surface area contributed by atoms with Crippen LogP contribution < -0.4 is 10.6 Å². The van der Waals surface area contributed by atoms with Crippen molar-refractivity contribution in [1.29, 1.82) is 0 Å². The van der Waals surface area contributed by atoms with Crippen molar-refractivity contribution in [3.05, 3.63) is 59.1 Å². The number of rotatable bonds is 5. The maximum atomic E-state index is 11.4. The Bertz CT molecular complexity index is 739. The quantitative estimate of drug-likeness (QED) is 0.803. The summed E-state index contributed by atoms with van der Waals surface area (Å²) in [6.07, 6.45) is 0.0667. The number of piperazine rings is 1. The standard InChI is InChI=1S/C19H22ClN3O2/c20-16-7-4-8-17(19(16)21)23-10-9-22(13-15(23)11-18(24)25)12-14-5-2-1-3-6-14/h1-8,15H,9-13,21H2,(H,24,25). The molecule has 0 bridgehead atoms. The Morgan fingerprint density at radius 2 is 1.92 bits per heavy atom. The van der Waals surface area contributed by atoms with Crippen molar-refractivity contribution < 1.29 is 9.90 Å². The number of nitrogen functional groups attached to an aromatic ring is 1. The topological polar surface area (TPSA) is 69.8 Å². The number of nitrogens with zero attached hydrogens (tertiary/aromatic N) is 2. The summed E-state index contributed by atoms with van der Waals surface area (Å²) in [5.74, 6) is -0.808. The number of carbonyl (C=O) groups is 1. The number of para-hydroxylation sites is 1. The number of nitrogens with two attached hydrogens (primary N) is 1. The molecule has 6 heteroatoms. The van der Waals surface area contributed by atoms with Crippen molar-refractivity contribution in [2.75, 3.05) is 30.3 Å². The highest BCUT2D eigenvalue weighted by atomic mass is 35.5. The number of halogens is 1. The fraction of sp³-hybridized carbons (Fsp3) is 0.316. The predicted octanol–water partition coefficient (Wildman–Crippen LogP) is 3.09. The molecule has 2 aromatic carbocycles. The van der Waals surface area contributed by atoms with Gasteiger partial charge in [-0.15, -0.1) is 0 Å². The van der Waals surface area contributed by atoms with Gasteiger partial charge in [-0.25, -0.2) is 0 Å². The van der Waals surface area contributed by atoms with E-state index >= 15 is 0 Å². The Morgan fingerprint density at radius 3 is 2.64 bits per heavy atom. The van der Waals surface area contributed by atoms with Gasteiger partial charge < -0.3 is 15.7 Å². The van der Waals surface area contributed by atoms with E-state index in [0.29, 0.717) is 17.3 Å². The molecule has 0 aromatic heterocycles. The van der Waals surface area contributed by atoms with Crippen LogP contribution in [0.4, 0.5) is 11.4 Å². The van der Waals surface area contributed by atoms with Crippen LogP contribution in [0.25, 0.3) is 0 Å². The predicted molar refractivity (Wildman–Crippen MR) is 101 cm³/mol. The normalized spacial score (nSPS) is 18.3. The molecule has 5 nitrogen and oxygen atoms in total. The summed E-state index contributed by atoms with van der Waals surface area (Å²) in [6.45, 7) is 3.05. The molecule has 132 valence electrons. The van der Waals surface area contributed by atoms with Gasteiger partial charge in [-0.2, -0.15) is 0 Å². The number of hydrogen-bond donors (Lipinski definition) is 2. The third kappa shape index (κ3) is 4.24. The minimum atomic E-state index is -0.808. The zero-order valence-electron chi connectivity index (χ0n) is 13.9. The first-order valence-electron chi connectivity index (χ1n) is 8.33. The Morgan fingerprint density at radius 1 is 1.16 bits per heavy atom. The van der Waals surface area contributed by atoms with E-state index in [2.05, 4.69) is 21.9 Å². The van der Waals surface area contributed by atoms with Crippen molar-refractivity contribution in [2.45, 2.75) is 19.0 Å². The maximum absolute atomic E-state index is 11.4. The number of aliphatic carboxylic acids is 1. The van der Waals surface area contributed by atoms with Gasteiger partial charge in [-0.1, -0.05) is 48.0 Å². The lowest BCUT2D eigenvalue weighted by molar-refractivity contribution is -0.137. The van der Waals surface area contributed by atoms with Gasteiger partial charge in [0.15, 0.2) is 0 Å². The van der Waals surface area contributed by atoms with Crippen LogP contribution in [0.2, 0.25) is 5.02 Å². The first-order valence-corrected chi connectivity index (χ1v) is 8.71. The van der Waals surface area contributed by atoms with E-state index in [1.54, 1.807) is 6.07 Å². The van der Waals surface area contributed by atoms with Gasteiger partial charge >= 0.3 is 5.97 Å². The molecule has 1 heterocycles. The summed E-state index contributed by atoms with van der Waals surface area (Å²) >= 11 is 6.14. The minimum Gasteiger partial charge on any atom is -0.481 e. The smallest absolute Gasteiger partial charge is 0.305 e. The van der Waals surface area contributed by atoms with E-state index in [-0.39, 0.29) is 12.5 Å². The Kier molecular flexibility index (Phi) is 5.46. The summed E-state index contributed by atoms with van der Waals surface area (Å²) in [7, 11) is 0. The molecular formula is C19H22ClN3O2. The van der Waals surface area contributed by atoms with Crippen molar-refractivity contribution >= 4 is 28.9 Å². The second kappa shape index (κ2) is 7.76. The van der Waals surface area contributed by atoms with Crippen LogP contribution in [0.15, 0.2) is 48.5 Å². The summed E-state index contributed by atoms with van der Waals surface area (Å²) < 4.78 is 0. The van der Waals surface area contributed by atoms with Gasteiger partial charge in [0.1, 0.15) is 0 Å². The molecule has 3 N–H and O–H groups in total. The molecule has 3 rings (SSSR count). The zero-order valence-corrected chi connectivity index (χ0v) is 14.7. The molecule has 0 aliphatic carbocycles. The molecule has 0 radical (unpaired) electrons. The minimum absolute atomic E-state index is 0.0667. The van der Waals surface area contributed by atoms with Crippen LogP contribution in [0, 0.1) is 0 Å². The van der Waals surface area contributed by atoms with E-state index in [1.807, 2.05) is 30.3 Å². The van der Waals surface area contributed by atoms with E-state index < -0.39 is 5.97 Å². The lowest BCUT2D eigenvalue weighted by Gasteiger charge is -2.43. The van der Waals surface area contributed by atoms with Crippen molar-refractivity contribution in [3.63, 3.8) is 0 Å². The van der Waals surface area contributed by atoms with E-state index in [0.717, 1.165) is 25.3 Å². The zero-order chi connectivity index (χ0) is 17.8. The average molecular weight is 360 g/mol. The van der Waals surface area contributed by atoms with Gasteiger partial charge in [0.2, 0.25) is 0 Å². The SMILES string of the molecule is Nc1c(Cl)cccc1N1CCN(Cc2ccccc2)CC1CC(=O)O. The van der Waals surface area contributed by atoms with Crippen molar-refractivity contribution in [1.82, 2.24) is 4.90 Å². The first-order chi connectivity index (χ1) is 12.0. The first kappa shape index (κ1) is 17.6. The van der Waals surface area contributed by atoms with Gasteiger partial charge in [0.05, 0.1) is 28.9 Å². The molecule has 0 amide bonds. The summed E-state index contributed by atoms with van der Waals surface area (Å²) in [5, 5.41) is 9.83. The van der Waals surface area contributed by atoms with E-state index in [4.69, 9.17) is 17.3 Å². The number of anilines is 2. The van der Waals surface area contributed by atoms with Crippen LogP contribution in [0.3, 0.4) is 0 Å². The molecule has 0 spiro atoms. The van der Waals surface area contributed by atoms with Crippen LogP contribution in [0.5, 0.6) is 0 Å². The molecule has 1 unspecified atom stereocenters. The highest BCUT2D eigenvalue weighted by Crippen LogP contribution is 2.33. The maximum Gasteiger partial charge on any atom is 0.305 e. The van der Waals surface area contributed by atoms with E-state index in [9.17, 15) is 9.90 Å². The Hall–Kier alpha value is -2.24. The van der Waals surface area contributed by atoms with Crippen LogP contribution in [-0.2, 0) is 11.3 Å². The highest BCUT2D eigenvalue weighted by molar-refractivity contribution is 6.33. The molecule has 1 aliphatic heterocycles. The monoisotopic (exact) mass is 359 g/mol. The third-order valence-corrected chi connectivity index (χ3v) is 4.90. The van der Waals surface area contributed by atoms with E-state index in [1.165, 1.54) is 5.56 Å². The molecule has 1 fully saturated rings. The number of benzene rings is 2.